The second kappa shape index (κ2) is 9.17. The molecular formula is C22H31NO3. The molecule has 3 rings (SSSR count). The Kier molecular flexibility index (Phi) is 7.21. The first-order valence-corrected chi connectivity index (χ1v) is 9.15. The standard InChI is InChI=1S/C22H28O3.H3N/c1-17(2)9-10-18-11-12-20(22(3)24-13-14-25-22)21(15-18)23-16-19-7-5-4-6-8-19;/h4-8,11-12,15,17H,9-10,13-14,16H2,1-3H3;1H3. The molecule has 0 spiro atoms. The first kappa shape index (κ1) is 20.4. The predicted molar refractivity (Wildman–Crippen MR) is 105 cm³/mol. The average Bonchev–Trinajstić information content (AvgIpc) is 3.06. The maximum atomic E-state index is 6.19. The highest BCUT2D eigenvalue weighted by Gasteiger charge is 2.36. The van der Waals surface area contributed by atoms with Crippen molar-refractivity contribution in [3.8, 4) is 5.75 Å². The van der Waals surface area contributed by atoms with Crippen LogP contribution in [0.5, 0.6) is 5.75 Å². The Morgan fingerprint density at radius 3 is 2.35 bits per heavy atom. The van der Waals surface area contributed by atoms with Gasteiger partial charge < -0.3 is 20.4 Å². The van der Waals surface area contributed by atoms with E-state index >= 15 is 0 Å². The third-order valence-electron chi connectivity index (χ3n) is 4.62. The van der Waals surface area contributed by atoms with E-state index in [1.807, 2.05) is 25.1 Å². The Bertz CT molecular complexity index is 679. The van der Waals surface area contributed by atoms with Crippen molar-refractivity contribution in [2.24, 2.45) is 5.92 Å². The lowest BCUT2D eigenvalue weighted by Gasteiger charge is -2.26. The normalized spacial score (nSPS) is 15.7. The molecule has 0 bridgehead atoms. The van der Waals surface area contributed by atoms with Crippen molar-refractivity contribution >= 4 is 0 Å². The summed E-state index contributed by atoms with van der Waals surface area (Å²) in [6, 6.07) is 16.6. The monoisotopic (exact) mass is 357 g/mol. The fraction of sp³-hybridized carbons (Fsp3) is 0.455. The largest absolute Gasteiger partial charge is 0.488 e. The summed E-state index contributed by atoms with van der Waals surface area (Å²) in [5.41, 5.74) is 3.41. The molecule has 4 heteroatoms. The first-order chi connectivity index (χ1) is 12.1. The molecule has 1 aliphatic heterocycles. The summed E-state index contributed by atoms with van der Waals surface area (Å²) in [6.45, 7) is 8.24. The summed E-state index contributed by atoms with van der Waals surface area (Å²) in [5.74, 6) is 0.824. The molecule has 26 heavy (non-hydrogen) atoms. The van der Waals surface area contributed by atoms with Gasteiger partial charge in [-0.2, -0.15) is 0 Å². The van der Waals surface area contributed by atoms with E-state index in [0.29, 0.717) is 25.7 Å². The van der Waals surface area contributed by atoms with Crippen molar-refractivity contribution in [3.05, 3.63) is 65.2 Å². The van der Waals surface area contributed by atoms with Gasteiger partial charge in [-0.05, 0) is 48.9 Å². The predicted octanol–water partition coefficient (Wildman–Crippen LogP) is 5.24. The van der Waals surface area contributed by atoms with E-state index in [1.54, 1.807) is 0 Å². The zero-order valence-corrected chi connectivity index (χ0v) is 16.2. The zero-order valence-electron chi connectivity index (χ0n) is 16.2. The molecule has 1 saturated heterocycles. The SMILES string of the molecule is CC(C)CCc1ccc(C2(C)OCCO2)c(OCc2ccccc2)c1.N. The van der Waals surface area contributed by atoms with E-state index in [-0.39, 0.29) is 6.15 Å². The molecule has 2 aromatic carbocycles. The summed E-state index contributed by atoms with van der Waals surface area (Å²) in [6.07, 6.45) is 2.22. The van der Waals surface area contributed by atoms with Crippen LogP contribution in [0.4, 0.5) is 0 Å². The minimum Gasteiger partial charge on any atom is -0.488 e. The van der Waals surface area contributed by atoms with Crippen LogP contribution in [-0.4, -0.2) is 13.2 Å². The van der Waals surface area contributed by atoms with Crippen molar-refractivity contribution in [1.82, 2.24) is 6.15 Å². The first-order valence-electron chi connectivity index (χ1n) is 9.15. The third-order valence-corrected chi connectivity index (χ3v) is 4.62. The second-order valence-electron chi connectivity index (χ2n) is 7.18. The van der Waals surface area contributed by atoms with E-state index in [4.69, 9.17) is 14.2 Å². The van der Waals surface area contributed by atoms with Gasteiger partial charge in [0, 0.05) is 0 Å². The van der Waals surface area contributed by atoms with E-state index in [9.17, 15) is 0 Å². The van der Waals surface area contributed by atoms with Crippen molar-refractivity contribution in [2.45, 2.75) is 46.0 Å². The van der Waals surface area contributed by atoms with Gasteiger partial charge >= 0.3 is 0 Å². The Balaban J connectivity index is 0.00000243. The van der Waals surface area contributed by atoms with Crippen LogP contribution in [0.3, 0.4) is 0 Å². The van der Waals surface area contributed by atoms with Gasteiger partial charge in [-0.3, -0.25) is 0 Å². The third kappa shape index (κ3) is 5.07. The Hall–Kier alpha value is -1.88. The average molecular weight is 357 g/mol. The number of benzene rings is 2. The fourth-order valence-electron chi connectivity index (χ4n) is 3.08. The lowest BCUT2D eigenvalue weighted by atomic mass is 9.98. The molecule has 0 aromatic heterocycles. The van der Waals surface area contributed by atoms with E-state index < -0.39 is 5.79 Å². The highest BCUT2D eigenvalue weighted by Crippen LogP contribution is 2.38. The van der Waals surface area contributed by atoms with Crippen molar-refractivity contribution in [3.63, 3.8) is 0 Å². The summed E-state index contributed by atoms with van der Waals surface area (Å²) in [4.78, 5) is 0. The van der Waals surface area contributed by atoms with E-state index in [2.05, 4.69) is 44.2 Å². The Labute approximate surface area is 157 Å². The summed E-state index contributed by atoms with van der Waals surface area (Å²) < 4.78 is 17.9. The number of hydrogen-bond donors (Lipinski definition) is 1. The molecule has 0 amide bonds. The second-order valence-corrected chi connectivity index (χ2v) is 7.18. The lowest BCUT2D eigenvalue weighted by Crippen LogP contribution is -2.23. The quantitative estimate of drug-likeness (QED) is 0.736. The van der Waals surface area contributed by atoms with Gasteiger partial charge in [0.05, 0.1) is 18.8 Å². The molecule has 1 aliphatic rings. The molecule has 1 fully saturated rings. The van der Waals surface area contributed by atoms with Crippen LogP contribution in [0.25, 0.3) is 0 Å². The van der Waals surface area contributed by atoms with E-state index in [1.165, 1.54) is 12.0 Å². The van der Waals surface area contributed by atoms with Crippen molar-refractivity contribution < 1.29 is 14.2 Å². The molecule has 0 unspecified atom stereocenters. The summed E-state index contributed by atoms with van der Waals surface area (Å²) in [7, 11) is 0. The van der Waals surface area contributed by atoms with E-state index in [0.717, 1.165) is 23.3 Å². The molecule has 2 aromatic rings. The van der Waals surface area contributed by atoms with Crippen LogP contribution in [0, 0.1) is 5.92 Å². The molecule has 3 N–H and O–H groups in total. The smallest absolute Gasteiger partial charge is 0.195 e. The fourth-order valence-corrected chi connectivity index (χ4v) is 3.08. The Morgan fingerprint density at radius 2 is 1.69 bits per heavy atom. The number of ether oxygens (including phenoxy) is 3. The summed E-state index contributed by atoms with van der Waals surface area (Å²) >= 11 is 0. The molecule has 4 nitrogen and oxygen atoms in total. The zero-order chi connectivity index (χ0) is 17.7. The van der Waals surface area contributed by atoms with Gasteiger partial charge in [-0.1, -0.05) is 50.2 Å². The van der Waals surface area contributed by atoms with Crippen LogP contribution in [0.1, 0.15) is 43.9 Å². The van der Waals surface area contributed by atoms with Gasteiger partial charge in [0.1, 0.15) is 12.4 Å². The van der Waals surface area contributed by atoms with Crippen LogP contribution in [0.2, 0.25) is 0 Å². The van der Waals surface area contributed by atoms with Crippen molar-refractivity contribution in [1.29, 1.82) is 0 Å². The van der Waals surface area contributed by atoms with Crippen LogP contribution in [-0.2, 0) is 28.3 Å². The molecule has 1 heterocycles. The van der Waals surface area contributed by atoms with Gasteiger partial charge in [0.25, 0.3) is 0 Å². The number of hydrogen-bond acceptors (Lipinski definition) is 4. The number of rotatable bonds is 7. The number of aryl methyl sites for hydroxylation is 1. The van der Waals surface area contributed by atoms with Crippen LogP contribution >= 0.6 is 0 Å². The molecule has 0 aliphatic carbocycles. The van der Waals surface area contributed by atoms with Crippen LogP contribution in [0.15, 0.2) is 48.5 Å². The van der Waals surface area contributed by atoms with Crippen LogP contribution < -0.4 is 10.9 Å². The lowest BCUT2D eigenvalue weighted by molar-refractivity contribution is -0.150. The minimum absolute atomic E-state index is 0. The van der Waals surface area contributed by atoms with Crippen molar-refractivity contribution in [2.75, 3.05) is 13.2 Å². The molecule has 0 atom stereocenters. The molecule has 0 saturated carbocycles. The maximum Gasteiger partial charge on any atom is 0.195 e. The highest BCUT2D eigenvalue weighted by atomic mass is 16.7. The van der Waals surface area contributed by atoms with Gasteiger partial charge in [0.15, 0.2) is 5.79 Å². The Morgan fingerprint density at radius 1 is 1.00 bits per heavy atom. The minimum atomic E-state index is -0.720. The molecule has 0 radical (unpaired) electrons. The summed E-state index contributed by atoms with van der Waals surface area (Å²) in [5, 5.41) is 0. The highest BCUT2D eigenvalue weighted by molar-refractivity contribution is 5.41. The van der Waals surface area contributed by atoms with Gasteiger partial charge in [-0.25, -0.2) is 0 Å². The van der Waals surface area contributed by atoms with Gasteiger partial charge in [0.2, 0.25) is 0 Å². The topological polar surface area (TPSA) is 62.7 Å². The van der Waals surface area contributed by atoms with Gasteiger partial charge in [-0.15, -0.1) is 0 Å². The maximum absolute atomic E-state index is 6.19. The molecule has 142 valence electrons. The molecular weight excluding hydrogens is 326 g/mol.